The topological polar surface area (TPSA) is 59.9 Å². The van der Waals surface area contributed by atoms with Gasteiger partial charge in [0.25, 0.3) is 5.91 Å². The van der Waals surface area contributed by atoms with Crippen LogP contribution in [0.1, 0.15) is 27.0 Å². The minimum Gasteiger partial charge on any atom is -0.496 e. The van der Waals surface area contributed by atoms with Gasteiger partial charge < -0.3 is 9.47 Å². The van der Waals surface area contributed by atoms with Gasteiger partial charge in [-0.3, -0.25) is 4.79 Å². The Bertz CT molecular complexity index is 948. The summed E-state index contributed by atoms with van der Waals surface area (Å²) >= 11 is 0. The lowest BCUT2D eigenvalue weighted by molar-refractivity contribution is 0.0955. The highest BCUT2D eigenvalue weighted by Gasteiger charge is 2.05. The zero-order chi connectivity index (χ0) is 19.8. The number of para-hydroxylation sites is 1. The molecule has 0 saturated carbocycles. The zero-order valence-corrected chi connectivity index (χ0v) is 15.9. The van der Waals surface area contributed by atoms with Crippen molar-refractivity contribution in [1.82, 2.24) is 5.43 Å². The summed E-state index contributed by atoms with van der Waals surface area (Å²) in [5, 5.41) is 4.00. The average Bonchev–Trinajstić information content (AvgIpc) is 2.74. The van der Waals surface area contributed by atoms with Crippen LogP contribution >= 0.6 is 0 Å². The van der Waals surface area contributed by atoms with E-state index in [0.29, 0.717) is 23.7 Å². The largest absolute Gasteiger partial charge is 0.496 e. The van der Waals surface area contributed by atoms with Crippen LogP contribution in [0, 0.1) is 6.92 Å². The summed E-state index contributed by atoms with van der Waals surface area (Å²) in [7, 11) is 1.59. The number of rotatable bonds is 7. The molecule has 0 radical (unpaired) electrons. The summed E-state index contributed by atoms with van der Waals surface area (Å²) in [6.45, 7) is 2.53. The Kier molecular flexibility index (Phi) is 6.41. The number of benzene rings is 3. The third-order valence-corrected chi connectivity index (χ3v) is 4.15. The highest BCUT2D eigenvalue weighted by molar-refractivity contribution is 5.95. The molecule has 0 atom stereocenters. The van der Waals surface area contributed by atoms with Gasteiger partial charge in [0, 0.05) is 11.1 Å². The third-order valence-electron chi connectivity index (χ3n) is 4.15. The molecule has 5 heteroatoms. The Morgan fingerprint density at radius 1 is 1.00 bits per heavy atom. The van der Waals surface area contributed by atoms with Gasteiger partial charge in [-0.2, -0.15) is 5.10 Å². The summed E-state index contributed by atoms with van der Waals surface area (Å²) < 4.78 is 11.0. The van der Waals surface area contributed by atoms with Crippen molar-refractivity contribution in [3.63, 3.8) is 0 Å². The van der Waals surface area contributed by atoms with Crippen LogP contribution < -0.4 is 14.9 Å². The molecule has 3 aromatic rings. The average molecular weight is 374 g/mol. The van der Waals surface area contributed by atoms with Gasteiger partial charge in [0.15, 0.2) is 0 Å². The second kappa shape index (κ2) is 9.37. The molecule has 0 heterocycles. The summed E-state index contributed by atoms with van der Waals surface area (Å²) in [5.74, 6) is 1.10. The molecule has 0 bridgehead atoms. The van der Waals surface area contributed by atoms with Gasteiger partial charge >= 0.3 is 0 Å². The number of carbonyl (C=O) groups excluding carboxylic acids is 1. The van der Waals surface area contributed by atoms with Gasteiger partial charge in [-0.25, -0.2) is 5.43 Å². The lowest BCUT2D eigenvalue weighted by atomic mass is 10.2. The number of amides is 1. The Balaban J connectivity index is 1.54. The van der Waals surface area contributed by atoms with E-state index in [9.17, 15) is 4.79 Å². The number of hydrazone groups is 1. The molecule has 0 fully saturated rings. The van der Waals surface area contributed by atoms with E-state index in [0.717, 1.165) is 11.1 Å². The number of aryl methyl sites for hydroxylation is 1. The molecule has 3 rings (SSSR count). The number of nitrogens with one attached hydrogen (secondary N) is 1. The van der Waals surface area contributed by atoms with Gasteiger partial charge in [0.2, 0.25) is 0 Å². The van der Waals surface area contributed by atoms with Crippen molar-refractivity contribution in [2.45, 2.75) is 13.5 Å². The maximum atomic E-state index is 12.2. The van der Waals surface area contributed by atoms with E-state index >= 15 is 0 Å². The smallest absolute Gasteiger partial charge is 0.271 e. The summed E-state index contributed by atoms with van der Waals surface area (Å²) in [6, 6.07) is 22.6. The SMILES string of the molecule is COc1ccccc1/C=N\NC(=O)c1ccc(OCc2ccc(C)cc2)cc1. The standard InChI is InChI=1S/C23H22N2O3/c1-17-7-9-18(10-8-17)16-28-21-13-11-19(12-14-21)23(26)25-24-15-20-5-3-4-6-22(20)27-2/h3-15H,16H2,1-2H3,(H,25,26)/b24-15-. The molecule has 0 aliphatic heterocycles. The molecular weight excluding hydrogens is 352 g/mol. The fourth-order valence-corrected chi connectivity index (χ4v) is 2.55. The first-order valence-corrected chi connectivity index (χ1v) is 8.90. The number of hydrogen-bond donors (Lipinski definition) is 1. The molecule has 0 aromatic heterocycles. The van der Waals surface area contributed by atoms with Crippen LogP contribution in [0.5, 0.6) is 11.5 Å². The quantitative estimate of drug-likeness (QED) is 0.494. The van der Waals surface area contributed by atoms with Gasteiger partial charge in [0.05, 0.1) is 13.3 Å². The molecule has 28 heavy (non-hydrogen) atoms. The summed E-state index contributed by atoms with van der Waals surface area (Å²) in [5.41, 5.74) is 6.11. The number of carbonyl (C=O) groups is 1. The van der Waals surface area contributed by atoms with Crippen LogP contribution in [0.4, 0.5) is 0 Å². The molecule has 0 aliphatic carbocycles. The normalized spacial score (nSPS) is 10.6. The van der Waals surface area contributed by atoms with E-state index < -0.39 is 0 Å². The first-order valence-electron chi connectivity index (χ1n) is 8.90. The minimum absolute atomic E-state index is 0.295. The fourth-order valence-electron chi connectivity index (χ4n) is 2.55. The highest BCUT2D eigenvalue weighted by atomic mass is 16.5. The highest BCUT2D eigenvalue weighted by Crippen LogP contribution is 2.16. The Hall–Kier alpha value is -3.60. The van der Waals surface area contributed by atoms with Gasteiger partial charge in [-0.05, 0) is 48.9 Å². The maximum absolute atomic E-state index is 12.2. The predicted molar refractivity (Wildman–Crippen MR) is 110 cm³/mol. The van der Waals surface area contributed by atoms with E-state index in [-0.39, 0.29) is 5.91 Å². The number of methoxy groups -OCH3 is 1. The van der Waals surface area contributed by atoms with Crippen molar-refractivity contribution in [2.75, 3.05) is 7.11 Å². The van der Waals surface area contributed by atoms with Crippen molar-refractivity contribution in [1.29, 1.82) is 0 Å². The van der Waals surface area contributed by atoms with Crippen LogP contribution in [0.3, 0.4) is 0 Å². The first kappa shape index (κ1) is 19.2. The molecule has 1 amide bonds. The van der Waals surface area contributed by atoms with Crippen LogP contribution in [-0.2, 0) is 6.61 Å². The van der Waals surface area contributed by atoms with Gasteiger partial charge in [-0.15, -0.1) is 0 Å². The van der Waals surface area contributed by atoms with E-state index in [1.807, 2.05) is 36.4 Å². The molecular formula is C23H22N2O3. The van der Waals surface area contributed by atoms with E-state index in [2.05, 4.69) is 29.6 Å². The van der Waals surface area contributed by atoms with Crippen LogP contribution in [0.2, 0.25) is 0 Å². The van der Waals surface area contributed by atoms with Crippen LogP contribution in [-0.4, -0.2) is 19.2 Å². The number of nitrogens with zero attached hydrogens (tertiary/aromatic N) is 1. The second-order valence-corrected chi connectivity index (χ2v) is 6.24. The summed E-state index contributed by atoms with van der Waals surface area (Å²) in [4.78, 5) is 12.2. The van der Waals surface area contributed by atoms with Crippen molar-refractivity contribution < 1.29 is 14.3 Å². The van der Waals surface area contributed by atoms with Crippen LogP contribution in [0.15, 0.2) is 77.9 Å². The zero-order valence-electron chi connectivity index (χ0n) is 15.9. The molecule has 1 N–H and O–H groups in total. The van der Waals surface area contributed by atoms with Gasteiger partial charge in [-0.1, -0.05) is 42.0 Å². The van der Waals surface area contributed by atoms with Crippen molar-refractivity contribution in [3.8, 4) is 11.5 Å². The lowest BCUT2D eigenvalue weighted by Gasteiger charge is -2.07. The van der Waals surface area contributed by atoms with Gasteiger partial charge in [0.1, 0.15) is 18.1 Å². The Morgan fingerprint density at radius 2 is 1.71 bits per heavy atom. The maximum Gasteiger partial charge on any atom is 0.271 e. The van der Waals surface area contributed by atoms with Crippen LogP contribution in [0.25, 0.3) is 0 Å². The summed E-state index contributed by atoms with van der Waals surface area (Å²) in [6.07, 6.45) is 1.55. The van der Waals surface area contributed by atoms with E-state index in [1.165, 1.54) is 5.56 Å². The van der Waals surface area contributed by atoms with Crippen molar-refractivity contribution >= 4 is 12.1 Å². The molecule has 5 nitrogen and oxygen atoms in total. The van der Waals surface area contributed by atoms with Crippen molar-refractivity contribution in [2.24, 2.45) is 5.10 Å². The predicted octanol–water partition coefficient (Wildman–Crippen LogP) is 4.35. The molecule has 0 aliphatic rings. The molecule has 0 unspecified atom stereocenters. The molecule has 142 valence electrons. The van der Waals surface area contributed by atoms with E-state index in [4.69, 9.17) is 9.47 Å². The Morgan fingerprint density at radius 3 is 2.43 bits per heavy atom. The first-order chi connectivity index (χ1) is 13.7. The van der Waals surface area contributed by atoms with Crippen molar-refractivity contribution in [3.05, 3.63) is 95.1 Å². The fraction of sp³-hybridized carbons (Fsp3) is 0.130. The third kappa shape index (κ3) is 5.20. The molecule has 3 aromatic carbocycles. The Labute approximate surface area is 164 Å². The monoisotopic (exact) mass is 374 g/mol. The second-order valence-electron chi connectivity index (χ2n) is 6.24. The molecule has 0 saturated heterocycles. The minimum atomic E-state index is -0.295. The van der Waals surface area contributed by atoms with E-state index in [1.54, 1.807) is 37.6 Å². The number of ether oxygens (including phenoxy) is 2. The lowest BCUT2D eigenvalue weighted by Crippen LogP contribution is -2.17. The molecule has 0 spiro atoms. The number of hydrogen-bond acceptors (Lipinski definition) is 4.